The summed E-state index contributed by atoms with van der Waals surface area (Å²) in [7, 11) is 1.57. The Balaban J connectivity index is 1.61. The molecule has 3 aliphatic heterocycles. The molecule has 3 aliphatic rings. The molecule has 0 spiro atoms. The number of hydrogen-bond acceptors (Lipinski definition) is 12. The van der Waals surface area contributed by atoms with Crippen molar-refractivity contribution in [1.82, 2.24) is 19.8 Å². The molecule has 0 bridgehead atoms. The summed E-state index contributed by atoms with van der Waals surface area (Å²) >= 11 is 0. The van der Waals surface area contributed by atoms with Crippen LogP contribution in [0.1, 0.15) is 91.8 Å². The Kier molecular flexibility index (Phi) is 12.5. The fraction of sp³-hybridized carbons (Fsp3) is 0.771. The molecule has 8 atom stereocenters. The van der Waals surface area contributed by atoms with Crippen LogP contribution in [0.4, 0.5) is 0 Å². The van der Waals surface area contributed by atoms with Gasteiger partial charge in [-0.05, 0) is 59.4 Å². The van der Waals surface area contributed by atoms with E-state index in [0.29, 0.717) is 32.5 Å². The second-order valence-corrected chi connectivity index (χ2v) is 14.7. The van der Waals surface area contributed by atoms with Gasteiger partial charge in [0.05, 0.1) is 30.0 Å². The number of esters is 1. The van der Waals surface area contributed by atoms with E-state index in [2.05, 4.69) is 28.7 Å². The molecule has 1 amide bonds. The molecule has 0 unspecified atom stereocenters. The average molecular weight is 674 g/mol. The Labute approximate surface area is 284 Å². The van der Waals surface area contributed by atoms with Crippen LogP contribution in [0.2, 0.25) is 0 Å². The first kappa shape index (κ1) is 38.0. The van der Waals surface area contributed by atoms with Crippen molar-refractivity contribution in [3.05, 3.63) is 23.8 Å². The predicted octanol–water partition coefficient (Wildman–Crippen LogP) is 3.30. The Bertz CT molecular complexity index is 1300. The fourth-order valence-electron chi connectivity index (χ4n) is 7.43. The van der Waals surface area contributed by atoms with E-state index in [1.807, 2.05) is 6.92 Å². The predicted molar refractivity (Wildman–Crippen MR) is 177 cm³/mol. The zero-order valence-corrected chi connectivity index (χ0v) is 29.9. The minimum absolute atomic E-state index is 0.00228. The number of aromatic nitrogens is 2. The smallest absolute Gasteiger partial charge is 0.319 e. The highest BCUT2D eigenvalue weighted by Gasteiger charge is 2.51. The molecule has 48 heavy (non-hydrogen) atoms. The maximum absolute atomic E-state index is 14.2. The van der Waals surface area contributed by atoms with Crippen molar-refractivity contribution in [3.63, 3.8) is 0 Å². The van der Waals surface area contributed by atoms with Crippen molar-refractivity contribution >= 4 is 23.4 Å². The summed E-state index contributed by atoms with van der Waals surface area (Å²) in [4.78, 5) is 53.7. The number of ketones is 1. The lowest BCUT2D eigenvalue weighted by Crippen LogP contribution is -2.57. The van der Waals surface area contributed by atoms with E-state index in [9.17, 15) is 19.5 Å². The largest absolute Gasteiger partial charge is 0.463 e. The summed E-state index contributed by atoms with van der Waals surface area (Å²) in [5.74, 6) is -1.89. The maximum Gasteiger partial charge on any atom is 0.319 e. The number of carbonyl (C=O) groups excluding carboxylic acids is 3. The van der Waals surface area contributed by atoms with Crippen LogP contribution in [-0.2, 0) is 46.4 Å². The van der Waals surface area contributed by atoms with Gasteiger partial charge in [0.1, 0.15) is 24.5 Å². The molecule has 268 valence electrons. The van der Waals surface area contributed by atoms with Crippen molar-refractivity contribution in [1.29, 1.82) is 5.41 Å². The van der Waals surface area contributed by atoms with Gasteiger partial charge in [-0.3, -0.25) is 19.3 Å². The number of nitrogens with zero attached hydrogens (tertiary/aromatic N) is 4. The lowest BCUT2D eigenvalue weighted by atomic mass is 9.74. The second kappa shape index (κ2) is 15.8. The minimum atomic E-state index is -1.53. The van der Waals surface area contributed by atoms with Gasteiger partial charge >= 0.3 is 5.97 Å². The molecule has 1 aromatic rings. The summed E-state index contributed by atoms with van der Waals surface area (Å²) in [6.45, 7) is 15.0. The third-order valence-corrected chi connectivity index (χ3v) is 10.2. The van der Waals surface area contributed by atoms with Crippen molar-refractivity contribution in [2.24, 2.45) is 17.3 Å². The Hall–Kier alpha value is -2.84. The first-order chi connectivity index (χ1) is 22.6. The first-order valence-corrected chi connectivity index (χ1v) is 17.2. The summed E-state index contributed by atoms with van der Waals surface area (Å²) in [6, 6.07) is -0.256. The number of ether oxygens (including phenoxy) is 4. The molecule has 4 heterocycles. The number of cyclic esters (lactones) is 1. The van der Waals surface area contributed by atoms with Crippen molar-refractivity contribution in [2.45, 2.75) is 130 Å². The van der Waals surface area contributed by atoms with Crippen LogP contribution in [0, 0.1) is 22.7 Å². The van der Waals surface area contributed by atoms with Crippen molar-refractivity contribution in [3.8, 4) is 0 Å². The number of rotatable bonds is 8. The molecular formula is C35H55N5O8. The SMILES string of the molecule is CCCN1C[C@H](C)C[C@@](C)(OC)[C@H](O[C@@H]2O[C@H](C)CC(=N)[C@H]2O)[C@@H](C)C(=O)C(C)(C)C(=O)OC[C@H]1CCC(=O)N1Cc2cncnc2C1. The van der Waals surface area contributed by atoms with Crippen LogP contribution >= 0.6 is 0 Å². The molecular weight excluding hydrogens is 618 g/mol. The van der Waals surface area contributed by atoms with Crippen LogP contribution in [-0.4, -0.2) is 111 Å². The molecule has 0 aliphatic carbocycles. The van der Waals surface area contributed by atoms with Crippen LogP contribution in [0.5, 0.6) is 0 Å². The van der Waals surface area contributed by atoms with E-state index in [-0.39, 0.29) is 49.1 Å². The highest BCUT2D eigenvalue weighted by atomic mass is 16.7. The number of hydrogen-bond donors (Lipinski definition) is 2. The van der Waals surface area contributed by atoms with Crippen LogP contribution in [0.25, 0.3) is 0 Å². The third kappa shape index (κ3) is 8.47. The second-order valence-electron chi connectivity index (χ2n) is 14.7. The van der Waals surface area contributed by atoms with Crippen molar-refractivity contribution in [2.75, 3.05) is 26.8 Å². The lowest BCUT2D eigenvalue weighted by molar-refractivity contribution is -0.268. The monoisotopic (exact) mass is 673 g/mol. The molecule has 2 saturated heterocycles. The van der Waals surface area contributed by atoms with Gasteiger partial charge in [0.15, 0.2) is 12.1 Å². The molecule has 1 aromatic heterocycles. The molecule has 0 aromatic carbocycles. The van der Waals surface area contributed by atoms with Gasteiger partial charge in [0.25, 0.3) is 0 Å². The van der Waals surface area contributed by atoms with Gasteiger partial charge in [-0.25, -0.2) is 9.97 Å². The number of amides is 1. The van der Waals surface area contributed by atoms with E-state index in [0.717, 1.165) is 24.2 Å². The number of nitrogens with one attached hydrogen (secondary N) is 1. The van der Waals surface area contributed by atoms with Gasteiger partial charge in [-0.1, -0.05) is 20.8 Å². The van der Waals surface area contributed by atoms with E-state index in [1.54, 1.807) is 45.9 Å². The normalized spacial score (nSPS) is 33.7. The summed E-state index contributed by atoms with van der Waals surface area (Å²) < 4.78 is 24.5. The number of fused-ring (bicyclic) bond motifs is 1. The summed E-state index contributed by atoms with van der Waals surface area (Å²) in [5, 5.41) is 19.1. The average Bonchev–Trinajstić information content (AvgIpc) is 3.48. The lowest BCUT2D eigenvalue weighted by Gasteiger charge is -2.45. The standard InChI is InChI=1S/C35H55N5O8/c1-9-12-39-16-21(2)14-35(7,45-8)31(48-32-29(42)26(36)13-22(3)47-32)23(4)30(43)34(5,6)33(44)46-19-25(39)10-11-28(41)40-17-24-15-37-20-38-27(24)18-40/h15,20-23,25,29,31-32,36,42H,9-14,16-19H2,1-8H3/t21-,22-,23+,25-,29-,31-,32+,35-/m1/s1. The number of carbonyl (C=O) groups is 3. The Morgan fingerprint density at radius 2 is 1.92 bits per heavy atom. The third-order valence-electron chi connectivity index (χ3n) is 10.2. The molecule has 2 fully saturated rings. The number of aliphatic hydroxyl groups excluding tert-OH is 1. The number of aliphatic hydroxyl groups is 1. The van der Waals surface area contributed by atoms with Gasteiger partial charge in [-0.2, -0.15) is 0 Å². The van der Waals surface area contributed by atoms with Crippen LogP contribution in [0.3, 0.4) is 0 Å². The highest BCUT2D eigenvalue weighted by molar-refractivity contribution is 6.04. The quantitative estimate of drug-likeness (QED) is 0.307. The zero-order valence-electron chi connectivity index (χ0n) is 29.9. The number of methoxy groups -OCH3 is 1. The maximum atomic E-state index is 14.2. The van der Waals surface area contributed by atoms with Crippen LogP contribution in [0.15, 0.2) is 12.5 Å². The zero-order chi connectivity index (χ0) is 35.4. The summed E-state index contributed by atoms with van der Waals surface area (Å²) in [5.41, 5.74) is -0.657. The molecule has 4 rings (SSSR count). The van der Waals surface area contributed by atoms with E-state index in [1.165, 1.54) is 6.33 Å². The van der Waals surface area contributed by atoms with Crippen molar-refractivity contribution < 1.29 is 38.4 Å². The molecule has 0 radical (unpaired) electrons. The summed E-state index contributed by atoms with van der Waals surface area (Å²) in [6.07, 6.45) is 1.83. The van der Waals surface area contributed by atoms with E-state index >= 15 is 0 Å². The minimum Gasteiger partial charge on any atom is -0.463 e. The van der Waals surface area contributed by atoms with Gasteiger partial charge in [0, 0.05) is 62.5 Å². The fourth-order valence-corrected chi connectivity index (χ4v) is 7.43. The van der Waals surface area contributed by atoms with E-state index < -0.39 is 47.2 Å². The topological polar surface area (TPSA) is 164 Å². The Morgan fingerprint density at radius 3 is 2.58 bits per heavy atom. The van der Waals surface area contributed by atoms with Gasteiger partial charge in [0.2, 0.25) is 5.91 Å². The van der Waals surface area contributed by atoms with Crippen LogP contribution < -0.4 is 0 Å². The Morgan fingerprint density at radius 1 is 1.19 bits per heavy atom. The van der Waals surface area contributed by atoms with E-state index in [4.69, 9.17) is 24.4 Å². The molecule has 13 nitrogen and oxygen atoms in total. The van der Waals surface area contributed by atoms with Gasteiger partial charge < -0.3 is 34.4 Å². The molecule has 2 N–H and O–H groups in total. The first-order valence-electron chi connectivity index (χ1n) is 17.2. The van der Waals surface area contributed by atoms with Gasteiger partial charge in [-0.15, -0.1) is 0 Å². The molecule has 0 saturated carbocycles. The molecule has 13 heteroatoms. The number of Topliss-reactive ketones (excluding diaryl/α,β-unsaturated/α-hetero) is 1. The highest BCUT2D eigenvalue weighted by Crippen LogP contribution is 2.38.